The molecule has 7 heteroatoms. The Morgan fingerprint density at radius 3 is 2.75 bits per heavy atom. The molecule has 2 rings (SSSR count). The topological polar surface area (TPSA) is 77.0 Å². The Kier molecular flexibility index (Phi) is 3.33. The molecule has 1 aliphatic heterocycles. The first-order valence-corrected chi connectivity index (χ1v) is 6.45. The van der Waals surface area contributed by atoms with Gasteiger partial charge in [0.2, 0.25) is 11.9 Å². The molecule has 0 spiro atoms. The average molecular weight is 241 g/mol. The van der Waals surface area contributed by atoms with E-state index in [0.29, 0.717) is 11.1 Å². The van der Waals surface area contributed by atoms with E-state index in [0.717, 1.165) is 25.9 Å². The van der Waals surface area contributed by atoms with Gasteiger partial charge in [-0.3, -0.25) is 9.36 Å². The fourth-order valence-corrected chi connectivity index (χ4v) is 2.30. The van der Waals surface area contributed by atoms with Gasteiger partial charge in [-0.1, -0.05) is 11.8 Å². The van der Waals surface area contributed by atoms with Crippen LogP contribution in [0.15, 0.2) is 5.16 Å². The number of rotatable bonds is 3. The number of carbonyl (C=O) groups is 1. The molecule has 0 aliphatic carbocycles. The zero-order chi connectivity index (χ0) is 11.5. The molecule has 16 heavy (non-hydrogen) atoms. The number of nitrogens with two attached hydrogens (primary N) is 1. The number of anilines is 1. The largest absolute Gasteiger partial charge is 0.368 e. The van der Waals surface area contributed by atoms with Gasteiger partial charge in [0.1, 0.15) is 6.54 Å². The highest BCUT2D eigenvalue weighted by Gasteiger charge is 2.20. The molecule has 1 aromatic rings. The van der Waals surface area contributed by atoms with E-state index in [1.165, 1.54) is 11.8 Å². The molecule has 0 atom stereocenters. The maximum atomic E-state index is 11.9. The number of likely N-dealkylation sites (tertiary alicyclic amines) is 1. The molecule has 2 heterocycles. The summed E-state index contributed by atoms with van der Waals surface area (Å²) in [7, 11) is 0. The van der Waals surface area contributed by atoms with E-state index in [9.17, 15) is 4.79 Å². The predicted octanol–water partition coefficient (Wildman–Crippen LogP) is 0.205. The fraction of sp³-hybridized carbons (Fsp3) is 0.667. The molecule has 0 bridgehead atoms. The van der Waals surface area contributed by atoms with Crippen LogP contribution >= 0.6 is 11.8 Å². The number of nitrogens with zero attached hydrogens (tertiary/aromatic N) is 4. The standard InChI is InChI=1S/C9H15N5OS/c1-16-9-12-11-8(10)14(9)6-7(15)13-4-2-3-5-13/h2-6H2,1H3,(H2,10,11). The van der Waals surface area contributed by atoms with Crippen molar-refractivity contribution in [3.63, 3.8) is 0 Å². The summed E-state index contributed by atoms with van der Waals surface area (Å²) >= 11 is 1.44. The molecule has 0 unspecified atom stereocenters. The normalized spacial score (nSPS) is 15.7. The van der Waals surface area contributed by atoms with E-state index >= 15 is 0 Å². The molecule has 0 aromatic carbocycles. The van der Waals surface area contributed by atoms with Crippen LogP contribution in [-0.4, -0.2) is 44.9 Å². The van der Waals surface area contributed by atoms with Crippen molar-refractivity contribution < 1.29 is 4.79 Å². The first-order chi connectivity index (χ1) is 7.72. The molecular formula is C9H15N5OS. The molecule has 1 aliphatic rings. The highest BCUT2D eigenvalue weighted by atomic mass is 32.2. The second-order valence-corrected chi connectivity index (χ2v) is 4.49. The number of aromatic nitrogens is 3. The Hall–Kier alpha value is -1.24. The Balaban J connectivity index is 2.07. The summed E-state index contributed by atoms with van der Waals surface area (Å²) < 4.78 is 1.66. The smallest absolute Gasteiger partial charge is 0.242 e. The van der Waals surface area contributed by atoms with E-state index in [1.807, 2.05) is 11.2 Å². The minimum absolute atomic E-state index is 0.0966. The molecule has 1 aromatic heterocycles. The minimum atomic E-state index is 0.0966. The quantitative estimate of drug-likeness (QED) is 0.765. The third-order valence-electron chi connectivity index (χ3n) is 2.68. The van der Waals surface area contributed by atoms with Crippen LogP contribution in [-0.2, 0) is 11.3 Å². The lowest BCUT2D eigenvalue weighted by Crippen LogP contribution is -2.31. The van der Waals surface area contributed by atoms with Crippen LogP contribution in [0.2, 0.25) is 0 Å². The second-order valence-electron chi connectivity index (χ2n) is 3.72. The van der Waals surface area contributed by atoms with Crippen molar-refractivity contribution in [2.24, 2.45) is 0 Å². The molecular weight excluding hydrogens is 226 g/mol. The van der Waals surface area contributed by atoms with Gasteiger partial charge in [0.25, 0.3) is 0 Å². The molecule has 2 N–H and O–H groups in total. The summed E-state index contributed by atoms with van der Waals surface area (Å²) in [5.41, 5.74) is 5.67. The van der Waals surface area contributed by atoms with E-state index in [2.05, 4.69) is 10.2 Å². The van der Waals surface area contributed by atoms with E-state index in [-0.39, 0.29) is 12.5 Å². The molecule has 0 saturated carbocycles. The summed E-state index contributed by atoms with van der Waals surface area (Å²) in [6, 6.07) is 0. The van der Waals surface area contributed by atoms with Crippen molar-refractivity contribution in [3.8, 4) is 0 Å². The third-order valence-corrected chi connectivity index (χ3v) is 3.35. The van der Waals surface area contributed by atoms with Gasteiger partial charge >= 0.3 is 0 Å². The van der Waals surface area contributed by atoms with Gasteiger partial charge in [-0.05, 0) is 19.1 Å². The van der Waals surface area contributed by atoms with Crippen LogP contribution < -0.4 is 5.73 Å². The van der Waals surface area contributed by atoms with E-state index in [1.54, 1.807) is 4.57 Å². The van der Waals surface area contributed by atoms with Crippen LogP contribution in [0.3, 0.4) is 0 Å². The highest BCUT2D eigenvalue weighted by Crippen LogP contribution is 2.16. The van der Waals surface area contributed by atoms with Crippen molar-refractivity contribution in [3.05, 3.63) is 0 Å². The predicted molar refractivity (Wildman–Crippen MR) is 62.0 cm³/mol. The van der Waals surface area contributed by atoms with Gasteiger partial charge < -0.3 is 10.6 Å². The summed E-state index contributed by atoms with van der Waals surface area (Å²) in [6.45, 7) is 1.96. The van der Waals surface area contributed by atoms with Crippen LogP contribution in [0.4, 0.5) is 5.95 Å². The lowest BCUT2D eigenvalue weighted by Gasteiger charge is -2.16. The van der Waals surface area contributed by atoms with Crippen LogP contribution in [0.1, 0.15) is 12.8 Å². The number of carbonyl (C=O) groups excluding carboxylic acids is 1. The van der Waals surface area contributed by atoms with Crippen molar-refractivity contribution in [2.45, 2.75) is 24.5 Å². The van der Waals surface area contributed by atoms with Crippen LogP contribution in [0.25, 0.3) is 0 Å². The first-order valence-electron chi connectivity index (χ1n) is 5.23. The molecule has 1 amide bonds. The van der Waals surface area contributed by atoms with Gasteiger partial charge in [0.15, 0.2) is 5.16 Å². The number of hydrogen-bond donors (Lipinski definition) is 1. The zero-order valence-corrected chi connectivity index (χ0v) is 10.0. The summed E-state index contributed by atoms with van der Waals surface area (Å²) in [5, 5.41) is 8.35. The lowest BCUT2D eigenvalue weighted by molar-refractivity contribution is -0.130. The average Bonchev–Trinajstić information content (AvgIpc) is 2.89. The van der Waals surface area contributed by atoms with Gasteiger partial charge in [0, 0.05) is 13.1 Å². The lowest BCUT2D eigenvalue weighted by atomic mass is 10.4. The SMILES string of the molecule is CSc1nnc(N)n1CC(=O)N1CCCC1. The second kappa shape index (κ2) is 4.73. The Morgan fingerprint density at radius 2 is 2.12 bits per heavy atom. The van der Waals surface area contributed by atoms with Gasteiger partial charge in [-0.15, -0.1) is 10.2 Å². The van der Waals surface area contributed by atoms with E-state index < -0.39 is 0 Å². The third kappa shape index (κ3) is 2.13. The Morgan fingerprint density at radius 1 is 1.44 bits per heavy atom. The summed E-state index contributed by atoms with van der Waals surface area (Å²) in [4.78, 5) is 13.8. The molecule has 1 fully saturated rings. The van der Waals surface area contributed by atoms with Gasteiger partial charge in [0.05, 0.1) is 0 Å². The maximum Gasteiger partial charge on any atom is 0.242 e. The fourth-order valence-electron chi connectivity index (χ4n) is 1.80. The summed E-state index contributed by atoms with van der Waals surface area (Å²) in [5.74, 6) is 0.399. The van der Waals surface area contributed by atoms with Gasteiger partial charge in [-0.2, -0.15) is 0 Å². The molecule has 6 nitrogen and oxygen atoms in total. The van der Waals surface area contributed by atoms with Crippen LogP contribution in [0.5, 0.6) is 0 Å². The van der Waals surface area contributed by atoms with Gasteiger partial charge in [-0.25, -0.2) is 0 Å². The van der Waals surface area contributed by atoms with Crippen molar-refractivity contribution >= 4 is 23.6 Å². The van der Waals surface area contributed by atoms with Crippen molar-refractivity contribution in [2.75, 3.05) is 25.1 Å². The Bertz CT molecular complexity index is 385. The van der Waals surface area contributed by atoms with Crippen molar-refractivity contribution in [1.29, 1.82) is 0 Å². The number of amides is 1. The molecule has 1 saturated heterocycles. The Labute approximate surface area is 98.2 Å². The zero-order valence-electron chi connectivity index (χ0n) is 9.22. The highest BCUT2D eigenvalue weighted by molar-refractivity contribution is 7.98. The number of thioether (sulfide) groups is 1. The van der Waals surface area contributed by atoms with E-state index in [4.69, 9.17) is 5.73 Å². The number of hydrogen-bond acceptors (Lipinski definition) is 5. The summed E-state index contributed by atoms with van der Waals surface area (Å²) in [6.07, 6.45) is 4.08. The minimum Gasteiger partial charge on any atom is -0.368 e. The monoisotopic (exact) mass is 241 g/mol. The van der Waals surface area contributed by atoms with Crippen molar-refractivity contribution in [1.82, 2.24) is 19.7 Å². The molecule has 0 radical (unpaired) electrons. The number of nitrogen functional groups attached to an aromatic ring is 1. The van der Waals surface area contributed by atoms with Crippen LogP contribution in [0, 0.1) is 0 Å². The maximum absolute atomic E-state index is 11.9. The molecule has 88 valence electrons. The first kappa shape index (κ1) is 11.3.